The van der Waals surface area contributed by atoms with Crippen LogP contribution in [0, 0.1) is 11.8 Å². The molecule has 1 aliphatic rings. The Hall–Kier alpha value is -1.32. The van der Waals surface area contributed by atoms with Crippen molar-refractivity contribution >= 4 is 41.0 Å². The third-order valence-corrected chi connectivity index (χ3v) is 5.65. The summed E-state index contributed by atoms with van der Waals surface area (Å²) in [6.45, 7) is 0. The molecular weight excluding hydrogens is 359 g/mol. The predicted octanol–water partition coefficient (Wildman–Crippen LogP) is 6.03. The van der Waals surface area contributed by atoms with Crippen LogP contribution in [0.1, 0.15) is 56.9 Å². The van der Waals surface area contributed by atoms with Gasteiger partial charge in [-0.05, 0) is 36.8 Å². The quantitative estimate of drug-likeness (QED) is 0.530. The van der Waals surface area contributed by atoms with E-state index in [4.69, 9.17) is 28.3 Å². The minimum absolute atomic E-state index is 0.0775. The summed E-state index contributed by atoms with van der Waals surface area (Å²) in [6, 6.07) is 5.54. The van der Waals surface area contributed by atoms with Crippen molar-refractivity contribution in [1.82, 2.24) is 0 Å². The van der Waals surface area contributed by atoms with Gasteiger partial charge in [0.05, 0.1) is 10.0 Å². The van der Waals surface area contributed by atoms with Crippen LogP contribution in [0.4, 0.5) is 0 Å². The molecule has 0 radical (unpaired) electrons. The first kappa shape index (κ1) is 20.0. The highest BCUT2D eigenvalue weighted by Gasteiger charge is 2.32. The Bertz CT molecular complexity index is 640. The van der Waals surface area contributed by atoms with Crippen LogP contribution in [0.3, 0.4) is 0 Å². The molecule has 1 fully saturated rings. The molecule has 0 amide bonds. The van der Waals surface area contributed by atoms with E-state index in [9.17, 15) is 9.59 Å². The van der Waals surface area contributed by atoms with Crippen LogP contribution < -0.4 is 0 Å². The van der Waals surface area contributed by atoms with Crippen LogP contribution in [0.15, 0.2) is 24.3 Å². The van der Waals surface area contributed by atoms with E-state index in [-0.39, 0.29) is 18.3 Å². The summed E-state index contributed by atoms with van der Waals surface area (Å²) in [5.74, 6) is -0.0662. The molecule has 0 saturated heterocycles. The molecule has 0 bridgehead atoms. The number of rotatable bonds is 9. The number of hydrogen-bond donors (Lipinski definition) is 1. The number of carboxylic acids is 1. The third kappa shape index (κ3) is 6.16. The van der Waals surface area contributed by atoms with Gasteiger partial charge in [0.1, 0.15) is 5.78 Å². The second-order valence-corrected chi connectivity index (χ2v) is 7.41. The van der Waals surface area contributed by atoms with Crippen LogP contribution in [0.25, 0.3) is 6.08 Å². The minimum Gasteiger partial charge on any atom is -0.481 e. The largest absolute Gasteiger partial charge is 0.481 e. The van der Waals surface area contributed by atoms with Crippen LogP contribution in [0.5, 0.6) is 0 Å². The number of unbranched alkanes of at least 4 members (excludes halogenated alkanes) is 3. The van der Waals surface area contributed by atoms with Crippen molar-refractivity contribution in [2.75, 3.05) is 0 Å². The summed E-state index contributed by atoms with van der Waals surface area (Å²) in [5.41, 5.74) is 0.876. The summed E-state index contributed by atoms with van der Waals surface area (Å²) in [6.07, 6.45) is 10.3. The van der Waals surface area contributed by atoms with Crippen molar-refractivity contribution in [3.05, 3.63) is 39.9 Å². The molecule has 5 heteroatoms. The molecule has 1 aromatic carbocycles. The molecule has 0 spiro atoms. The van der Waals surface area contributed by atoms with Gasteiger partial charge in [0, 0.05) is 18.8 Å². The normalized spacial score (nSPS) is 20.5. The van der Waals surface area contributed by atoms with Gasteiger partial charge in [-0.2, -0.15) is 0 Å². The summed E-state index contributed by atoms with van der Waals surface area (Å²) in [5, 5.41) is 9.70. The van der Waals surface area contributed by atoms with Gasteiger partial charge in [0.25, 0.3) is 0 Å². The van der Waals surface area contributed by atoms with Gasteiger partial charge in [-0.3, -0.25) is 9.59 Å². The van der Waals surface area contributed by atoms with E-state index in [0.717, 1.165) is 37.7 Å². The Morgan fingerprint density at radius 3 is 2.72 bits per heavy atom. The third-order valence-electron chi connectivity index (χ3n) is 4.81. The van der Waals surface area contributed by atoms with Crippen LogP contribution in [0.2, 0.25) is 10.0 Å². The van der Waals surface area contributed by atoms with Crippen molar-refractivity contribution < 1.29 is 14.7 Å². The highest BCUT2D eigenvalue weighted by Crippen LogP contribution is 2.35. The lowest BCUT2D eigenvalue weighted by atomic mass is 9.89. The molecule has 25 heavy (non-hydrogen) atoms. The maximum atomic E-state index is 12.2. The van der Waals surface area contributed by atoms with Crippen molar-refractivity contribution in [3.63, 3.8) is 0 Å². The molecule has 0 aromatic heterocycles. The average molecular weight is 383 g/mol. The van der Waals surface area contributed by atoms with E-state index in [0.29, 0.717) is 28.7 Å². The van der Waals surface area contributed by atoms with Gasteiger partial charge in [-0.1, -0.05) is 66.7 Å². The first-order valence-corrected chi connectivity index (χ1v) is 9.61. The molecule has 1 aromatic rings. The number of ketones is 1. The molecule has 1 saturated carbocycles. The number of aliphatic carboxylic acids is 1. The zero-order valence-corrected chi connectivity index (χ0v) is 15.7. The molecule has 2 rings (SSSR count). The first-order valence-electron chi connectivity index (χ1n) is 8.85. The SMILES string of the molecule is O=C(O)CCCCCCC1C(=O)CCC1/C=C/c1cccc(Cl)c1Cl. The average Bonchev–Trinajstić information content (AvgIpc) is 2.92. The maximum Gasteiger partial charge on any atom is 0.303 e. The smallest absolute Gasteiger partial charge is 0.303 e. The monoisotopic (exact) mass is 382 g/mol. The summed E-state index contributed by atoms with van der Waals surface area (Å²) in [7, 11) is 0. The predicted molar refractivity (Wildman–Crippen MR) is 102 cm³/mol. The van der Waals surface area contributed by atoms with E-state index in [1.165, 1.54) is 0 Å². The molecule has 0 aliphatic heterocycles. The Morgan fingerprint density at radius 1 is 1.20 bits per heavy atom. The lowest BCUT2D eigenvalue weighted by Crippen LogP contribution is -2.13. The van der Waals surface area contributed by atoms with Gasteiger partial charge in [-0.15, -0.1) is 0 Å². The van der Waals surface area contributed by atoms with Crippen LogP contribution in [-0.2, 0) is 9.59 Å². The fourth-order valence-electron chi connectivity index (χ4n) is 3.41. The van der Waals surface area contributed by atoms with Gasteiger partial charge in [-0.25, -0.2) is 0 Å². The Labute approximate surface area is 159 Å². The summed E-state index contributed by atoms with van der Waals surface area (Å²) >= 11 is 12.2. The van der Waals surface area contributed by atoms with Crippen LogP contribution >= 0.6 is 23.2 Å². The molecule has 1 aliphatic carbocycles. The highest BCUT2D eigenvalue weighted by molar-refractivity contribution is 6.42. The number of halogens is 2. The molecular formula is C20H24Cl2O3. The van der Waals surface area contributed by atoms with Crippen molar-refractivity contribution in [3.8, 4) is 0 Å². The zero-order chi connectivity index (χ0) is 18.2. The number of carbonyl (C=O) groups excluding carboxylic acids is 1. The molecule has 3 nitrogen and oxygen atoms in total. The van der Waals surface area contributed by atoms with E-state index >= 15 is 0 Å². The second-order valence-electron chi connectivity index (χ2n) is 6.62. The number of Topliss-reactive ketones (excluding diaryl/α,β-unsaturated/α-hetero) is 1. The summed E-state index contributed by atoms with van der Waals surface area (Å²) < 4.78 is 0. The van der Waals surface area contributed by atoms with Gasteiger partial charge < -0.3 is 5.11 Å². The second kappa shape index (κ2) is 9.98. The molecule has 2 atom stereocenters. The lowest BCUT2D eigenvalue weighted by molar-refractivity contribution is -0.137. The standard InChI is InChI=1S/C20H24Cl2O3/c21-17-8-5-6-15(20(17)22)11-10-14-12-13-18(23)16(14)7-3-1-2-4-9-19(24)25/h5-6,8,10-11,14,16H,1-4,7,9,12-13H2,(H,24,25)/b11-10+. The number of carboxylic acid groups (broad SMARTS) is 1. The number of hydrogen-bond acceptors (Lipinski definition) is 2. The number of benzene rings is 1. The lowest BCUT2D eigenvalue weighted by Gasteiger charge is -2.15. The topological polar surface area (TPSA) is 54.4 Å². The minimum atomic E-state index is -0.740. The Morgan fingerprint density at radius 2 is 1.96 bits per heavy atom. The summed E-state index contributed by atoms with van der Waals surface area (Å²) in [4.78, 5) is 22.7. The molecule has 1 N–H and O–H groups in total. The van der Waals surface area contributed by atoms with Crippen LogP contribution in [-0.4, -0.2) is 16.9 Å². The van der Waals surface area contributed by atoms with Gasteiger partial charge >= 0.3 is 5.97 Å². The van der Waals surface area contributed by atoms with E-state index in [2.05, 4.69) is 6.08 Å². The van der Waals surface area contributed by atoms with E-state index < -0.39 is 5.97 Å². The number of allylic oxidation sites excluding steroid dienone is 1. The Balaban J connectivity index is 1.85. The zero-order valence-electron chi connectivity index (χ0n) is 14.2. The van der Waals surface area contributed by atoms with E-state index in [1.807, 2.05) is 18.2 Å². The molecule has 136 valence electrons. The van der Waals surface area contributed by atoms with Crippen molar-refractivity contribution in [2.45, 2.75) is 51.4 Å². The maximum absolute atomic E-state index is 12.2. The fraction of sp³-hybridized carbons (Fsp3) is 0.500. The van der Waals surface area contributed by atoms with Crippen molar-refractivity contribution in [2.24, 2.45) is 11.8 Å². The highest BCUT2D eigenvalue weighted by atomic mass is 35.5. The number of carbonyl (C=O) groups is 2. The molecule has 0 heterocycles. The Kier molecular flexibility index (Phi) is 7.98. The van der Waals surface area contributed by atoms with Crippen molar-refractivity contribution in [1.29, 1.82) is 0 Å². The van der Waals surface area contributed by atoms with E-state index in [1.54, 1.807) is 6.07 Å². The van der Waals surface area contributed by atoms with Gasteiger partial charge in [0.15, 0.2) is 0 Å². The first-order chi connectivity index (χ1) is 12.0. The molecule has 2 unspecified atom stereocenters. The van der Waals surface area contributed by atoms with Gasteiger partial charge in [0.2, 0.25) is 0 Å². The fourth-order valence-corrected chi connectivity index (χ4v) is 3.78.